The van der Waals surface area contributed by atoms with Crippen LogP contribution in [0.25, 0.3) is 0 Å². The van der Waals surface area contributed by atoms with E-state index in [4.69, 9.17) is 4.74 Å². The fourth-order valence-electron chi connectivity index (χ4n) is 2.34. The van der Waals surface area contributed by atoms with Gasteiger partial charge in [-0.05, 0) is 49.8 Å². The zero-order valence-corrected chi connectivity index (χ0v) is 16.6. The summed E-state index contributed by atoms with van der Waals surface area (Å²) in [4.78, 5) is 0. The van der Waals surface area contributed by atoms with Crippen LogP contribution in [-0.4, -0.2) is 20.8 Å². The van der Waals surface area contributed by atoms with Crippen molar-refractivity contribution in [2.45, 2.75) is 50.4 Å². The smallest absolute Gasteiger partial charge is 0.213 e. The van der Waals surface area contributed by atoms with Crippen molar-refractivity contribution >= 4 is 26.0 Å². The van der Waals surface area contributed by atoms with Gasteiger partial charge >= 0.3 is 0 Å². The topological polar surface area (TPSA) is 55.4 Å². The first-order valence-electron chi connectivity index (χ1n) is 8.37. The molecule has 1 saturated carbocycles. The Balaban J connectivity index is 2.08. The van der Waals surface area contributed by atoms with E-state index in [9.17, 15) is 12.8 Å². The summed E-state index contributed by atoms with van der Waals surface area (Å²) in [5.74, 6) is 0.318. The van der Waals surface area contributed by atoms with Gasteiger partial charge in [-0.25, -0.2) is 12.8 Å². The quantitative estimate of drug-likeness (QED) is 0.348. The number of hydrogen-bond donors (Lipinski definition) is 1. The Bertz CT molecular complexity index is 660. The molecule has 0 amide bonds. The molecule has 136 valence electrons. The molecule has 4 nitrogen and oxygen atoms in total. The molecule has 0 aliphatic heterocycles. The Morgan fingerprint density at radius 1 is 1.38 bits per heavy atom. The van der Waals surface area contributed by atoms with Crippen LogP contribution in [0, 0.1) is 11.7 Å². The summed E-state index contributed by atoms with van der Waals surface area (Å²) in [6.45, 7) is 4.22. The second-order valence-electron chi connectivity index (χ2n) is 6.53. The molecule has 1 atom stereocenters. The molecule has 2 rings (SSSR count). The van der Waals surface area contributed by atoms with Crippen LogP contribution in [0.1, 0.15) is 51.5 Å². The first-order valence-corrected chi connectivity index (χ1v) is 10.8. The number of unbranched alkanes of at least 4 members (excludes halogenated alkanes) is 2. The number of benzene rings is 1. The second kappa shape index (κ2) is 8.15. The van der Waals surface area contributed by atoms with E-state index in [1.165, 1.54) is 6.07 Å². The highest BCUT2D eigenvalue weighted by Crippen LogP contribution is 2.34. The van der Waals surface area contributed by atoms with Crippen LogP contribution >= 0.6 is 15.9 Å². The van der Waals surface area contributed by atoms with Crippen molar-refractivity contribution in [1.29, 1.82) is 0 Å². The number of halogens is 2. The molecule has 1 N–H and O–H groups in total. The SMILES string of the molecule is CCCCCS(=O)(=O)N[C@](C)(Br)c1ccc(F)c(OCC2CC2)c1. The van der Waals surface area contributed by atoms with E-state index < -0.39 is 20.3 Å². The minimum absolute atomic E-state index is 0.0776. The summed E-state index contributed by atoms with van der Waals surface area (Å²) in [7, 11) is -3.43. The van der Waals surface area contributed by atoms with E-state index in [2.05, 4.69) is 20.7 Å². The van der Waals surface area contributed by atoms with Crippen LogP contribution in [0.15, 0.2) is 18.2 Å². The summed E-state index contributed by atoms with van der Waals surface area (Å²) in [6.07, 6.45) is 4.69. The summed E-state index contributed by atoms with van der Waals surface area (Å²) in [5, 5.41) is 0. The number of hydrogen-bond acceptors (Lipinski definition) is 3. The first kappa shape index (κ1) is 19.7. The van der Waals surface area contributed by atoms with Crippen LogP contribution in [0.5, 0.6) is 5.75 Å². The summed E-state index contributed by atoms with van der Waals surface area (Å²) < 4.78 is 45.5. The number of nitrogens with one attached hydrogen (secondary N) is 1. The molecule has 7 heteroatoms. The minimum atomic E-state index is -3.43. The van der Waals surface area contributed by atoms with Crippen LogP contribution < -0.4 is 9.46 Å². The predicted molar refractivity (Wildman–Crippen MR) is 97.3 cm³/mol. The van der Waals surface area contributed by atoms with Gasteiger partial charge in [-0.15, -0.1) is 0 Å². The fourth-order valence-corrected chi connectivity index (χ4v) is 4.72. The van der Waals surface area contributed by atoms with Gasteiger partial charge in [-0.1, -0.05) is 41.8 Å². The molecular formula is C17H25BrFNO3S. The maximum absolute atomic E-state index is 13.9. The zero-order valence-electron chi connectivity index (χ0n) is 14.1. The van der Waals surface area contributed by atoms with Crippen molar-refractivity contribution < 1.29 is 17.5 Å². The molecule has 0 radical (unpaired) electrons. The minimum Gasteiger partial charge on any atom is -0.490 e. The highest BCUT2D eigenvalue weighted by atomic mass is 79.9. The van der Waals surface area contributed by atoms with Crippen LogP contribution in [0.2, 0.25) is 0 Å². The largest absolute Gasteiger partial charge is 0.490 e. The van der Waals surface area contributed by atoms with Gasteiger partial charge in [0, 0.05) is 0 Å². The van der Waals surface area contributed by atoms with Gasteiger partial charge in [0.15, 0.2) is 11.6 Å². The lowest BCUT2D eigenvalue weighted by Gasteiger charge is -2.25. The van der Waals surface area contributed by atoms with Gasteiger partial charge in [0.25, 0.3) is 0 Å². The molecule has 0 saturated heterocycles. The predicted octanol–water partition coefficient (Wildman–Crippen LogP) is 4.29. The van der Waals surface area contributed by atoms with Gasteiger partial charge in [-0.2, -0.15) is 4.72 Å². The Kier molecular flexibility index (Phi) is 6.67. The van der Waals surface area contributed by atoms with E-state index in [-0.39, 0.29) is 11.5 Å². The number of rotatable bonds is 10. The van der Waals surface area contributed by atoms with E-state index in [0.717, 1.165) is 25.7 Å². The molecule has 1 aromatic carbocycles. The third-order valence-corrected chi connectivity index (χ3v) is 6.47. The number of alkyl halides is 1. The normalized spacial score (nSPS) is 17.5. The molecule has 0 bridgehead atoms. The van der Waals surface area contributed by atoms with Gasteiger partial charge < -0.3 is 4.74 Å². The standard InChI is InChI=1S/C17H25BrFNO3S/c1-3-4-5-10-24(21,22)20-17(2,18)14-8-9-15(19)16(11-14)23-12-13-6-7-13/h8-9,11,13,20H,3-7,10,12H2,1-2H3/t17-/m0/s1. The van der Waals surface area contributed by atoms with E-state index in [1.54, 1.807) is 19.1 Å². The number of ether oxygens (including phenoxy) is 1. The first-order chi connectivity index (χ1) is 11.2. The Labute approximate surface area is 152 Å². The van der Waals surface area contributed by atoms with Gasteiger partial charge in [-0.3, -0.25) is 0 Å². The van der Waals surface area contributed by atoms with E-state index in [0.29, 0.717) is 24.5 Å². The van der Waals surface area contributed by atoms with Gasteiger partial charge in [0.1, 0.15) is 4.45 Å². The summed E-state index contributed by atoms with van der Waals surface area (Å²) in [5.41, 5.74) is 0.605. The fraction of sp³-hybridized carbons (Fsp3) is 0.647. The van der Waals surface area contributed by atoms with Crippen LogP contribution in [0.3, 0.4) is 0 Å². The van der Waals surface area contributed by atoms with Gasteiger partial charge in [0.2, 0.25) is 10.0 Å². The van der Waals surface area contributed by atoms with Crippen molar-refractivity contribution in [3.8, 4) is 5.75 Å². The molecular weight excluding hydrogens is 397 g/mol. The Morgan fingerprint density at radius 2 is 2.08 bits per heavy atom. The van der Waals surface area contributed by atoms with Crippen LogP contribution in [-0.2, 0) is 14.5 Å². The molecule has 1 aromatic rings. The summed E-state index contributed by atoms with van der Waals surface area (Å²) in [6, 6.07) is 4.42. The molecule has 0 heterocycles. The van der Waals surface area contributed by atoms with Crippen molar-refractivity contribution in [3.05, 3.63) is 29.6 Å². The average Bonchev–Trinajstić information content (AvgIpc) is 3.29. The summed E-state index contributed by atoms with van der Waals surface area (Å²) >= 11 is 3.42. The molecule has 24 heavy (non-hydrogen) atoms. The lowest BCUT2D eigenvalue weighted by molar-refractivity contribution is 0.284. The zero-order chi connectivity index (χ0) is 17.8. The van der Waals surface area contributed by atoms with E-state index in [1.807, 2.05) is 6.92 Å². The molecule has 0 spiro atoms. The third-order valence-electron chi connectivity index (χ3n) is 4.01. The average molecular weight is 422 g/mol. The monoisotopic (exact) mass is 421 g/mol. The molecule has 0 aromatic heterocycles. The van der Waals surface area contributed by atoms with Crippen molar-refractivity contribution in [2.24, 2.45) is 5.92 Å². The van der Waals surface area contributed by atoms with Gasteiger partial charge in [0.05, 0.1) is 12.4 Å². The maximum Gasteiger partial charge on any atom is 0.213 e. The molecule has 1 aliphatic rings. The Hall–Kier alpha value is -0.660. The van der Waals surface area contributed by atoms with Crippen molar-refractivity contribution in [3.63, 3.8) is 0 Å². The third kappa shape index (κ3) is 6.01. The molecule has 1 fully saturated rings. The highest BCUT2D eigenvalue weighted by molar-refractivity contribution is 9.09. The van der Waals surface area contributed by atoms with E-state index >= 15 is 0 Å². The second-order valence-corrected chi connectivity index (χ2v) is 9.96. The lowest BCUT2D eigenvalue weighted by Crippen LogP contribution is -2.39. The van der Waals surface area contributed by atoms with Crippen molar-refractivity contribution in [1.82, 2.24) is 4.72 Å². The maximum atomic E-state index is 13.9. The molecule has 0 unspecified atom stereocenters. The lowest BCUT2D eigenvalue weighted by atomic mass is 10.1. The number of sulfonamides is 1. The van der Waals surface area contributed by atoms with Crippen LogP contribution in [0.4, 0.5) is 4.39 Å². The van der Waals surface area contributed by atoms with Crippen molar-refractivity contribution in [2.75, 3.05) is 12.4 Å². The Morgan fingerprint density at radius 3 is 2.71 bits per heavy atom. The molecule has 1 aliphatic carbocycles. The highest BCUT2D eigenvalue weighted by Gasteiger charge is 2.30.